The number of carbonyl (C=O) groups excluding carboxylic acids is 1. The molecule has 2 heterocycles. The number of aryl methyl sites for hydroxylation is 2. The number of urea groups is 1. The van der Waals surface area contributed by atoms with Crippen LogP contribution in [0.15, 0.2) is 4.99 Å². The first-order valence-corrected chi connectivity index (χ1v) is 5.04. The first-order chi connectivity index (χ1) is 7.43. The smallest absolute Gasteiger partial charge is 0.345 e. The van der Waals surface area contributed by atoms with E-state index in [1.807, 2.05) is 20.9 Å². The molecule has 6 heteroatoms. The predicted molar refractivity (Wildman–Crippen MR) is 60.2 cm³/mol. The van der Waals surface area contributed by atoms with Gasteiger partial charge in [-0.25, -0.2) is 4.79 Å². The third kappa shape index (κ3) is 1.30. The molecule has 2 rings (SSSR count). The molecule has 1 aliphatic rings. The molecule has 1 aromatic heterocycles. The van der Waals surface area contributed by atoms with Crippen molar-refractivity contribution < 1.29 is 4.79 Å². The summed E-state index contributed by atoms with van der Waals surface area (Å²) in [5.41, 5.74) is 8.64. The Morgan fingerprint density at radius 2 is 1.94 bits per heavy atom. The molecule has 6 nitrogen and oxygen atoms in total. The summed E-state index contributed by atoms with van der Waals surface area (Å²) < 4.78 is 1.79. The number of aliphatic imine (C=N–C) groups is 1. The highest BCUT2D eigenvalue weighted by Crippen LogP contribution is 2.29. The van der Waals surface area contributed by atoms with Crippen LogP contribution < -0.4 is 5.73 Å². The molecule has 2 N–H and O–H groups in total. The van der Waals surface area contributed by atoms with Gasteiger partial charge >= 0.3 is 6.03 Å². The van der Waals surface area contributed by atoms with Crippen LogP contribution >= 0.6 is 0 Å². The molecule has 16 heavy (non-hydrogen) atoms. The summed E-state index contributed by atoms with van der Waals surface area (Å²) in [5.74, 6) is 0.340. The molecular weight excluding hydrogens is 206 g/mol. The van der Waals surface area contributed by atoms with Crippen LogP contribution in [-0.2, 0) is 7.05 Å². The molecule has 1 atom stereocenters. The Bertz CT molecular complexity index is 488. The van der Waals surface area contributed by atoms with Gasteiger partial charge in [0.1, 0.15) is 11.9 Å². The quantitative estimate of drug-likeness (QED) is 0.750. The summed E-state index contributed by atoms with van der Waals surface area (Å²) in [5, 5.41) is 4.32. The number of likely N-dealkylation sites (N-methyl/N-ethyl adjacent to an activating group) is 1. The van der Waals surface area contributed by atoms with Crippen molar-refractivity contribution in [2.24, 2.45) is 17.8 Å². The Morgan fingerprint density at radius 1 is 1.31 bits per heavy atom. The molecule has 86 valence electrons. The third-order valence-electron chi connectivity index (χ3n) is 3.03. The monoisotopic (exact) mass is 221 g/mol. The molecule has 0 radical (unpaired) electrons. The fourth-order valence-corrected chi connectivity index (χ4v) is 2.09. The lowest BCUT2D eigenvalue weighted by atomic mass is 10.0. The van der Waals surface area contributed by atoms with Gasteiger partial charge in [0, 0.05) is 25.4 Å². The Kier molecular flexibility index (Phi) is 2.22. The topological polar surface area (TPSA) is 76.5 Å². The highest BCUT2D eigenvalue weighted by Gasteiger charge is 2.35. The minimum Gasteiger partial charge on any atom is -0.385 e. The standard InChI is InChI=1S/C10H15N5O/c1-5-7(6(2)15(4)13-5)8-9(11)12-10(16)14(8)3/h8H,1-4H3,(H2,11,12,16). The third-order valence-corrected chi connectivity index (χ3v) is 3.03. The summed E-state index contributed by atoms with van der Waals surface area (Å²) in [6.07, 6.45) is 0. The van der Waals surface area contributed by atoms with Crippen molar-refractivity contribution in [2.45, 2.75) is 19.9 Å². The zero-order chi connectivity index (χ0) is 12.0. The summed E-state index contributed by atoms with van der Waals surface area (Å²) in [4.78, 5) is 16.7. The number of aromatic nitrogens is 2. The summed E-state index contributed by atoms with van der Waals surface area (Å²) in [6.45, 7) is 3.87. The van der Waals surface area contributed by atoms with E-state index in [1.165, 1.54) is 4.90 Å². The first kappa shape index (κ1) is 10.7. The molecule has 0 aliphatic carbocycles. The molecule has 0 aromatic carbocycles. The molecule has 0 fully saturated rings. The summed E-state index contributed by atoms with van der Waals surface area (Å²) >= 11 is 0. The van der Waals surface area contributed by atoms with Crippen LogP contribution in [0.5, 0.6) is 0 Å². The molecular formula is C10H15N5O. The Balaban J connectivity index is 2.53. The van der Waals surface area contributed by atoms with Crippen molar-refractivity contribution in [3.8, 4) is 0 Å². The number of rotatable bonds is 1. The minimum atomic E-state index is -0.301. The van der Waals surface area contributed by atoms with Crippen molar-refractivity contribution >= 4 is 11.9 Å². The number of amides is 2. The molecule has 1 unspecified atom stereocenters. The van der Waals surface area contributed by atoms with Gasteiger partial charge in [0.25, 0.3) is 0 Å². The normalized spacial score (nSPS) is 20.5. The fourth-order valence-electron chi connectivity index (χ4n) is 2.09. The van der Waals surface area contributed by atoms with E-state index in [2.05, 4.69) is 10.1 Å². The van der Waals surface area contributed by atoms with Crippen molar-refractivity contribution in [3.05, 3.63) is 17.0 Å². The van der Waals surface area contributed by atoms with Crippen molar-refractivity contribution in [3.63, 3.8) is 0 Å². The Morgan fingerprint density at radius 3 is 2.31 bits per heavy atom. The number of hydrogen-bond donors (Lipinski definition) is 1. The van der Waals surface area contributed by atoms with Crippen LogP contribution in [-0.4, -0.2) is 33.6 Å². The number of nitrogens with zero attached hydrogens (tertiary/aromatic N) is 4. The van der Waals surface area contributed by atoms with Crippen molar-refractivity contribution in [1.82, 2.24) is 14.7 Å². The second-order valence-electron chi connectivity index (χ2n) is 4.04. The number of amidine groups is 1. The zero-order valence-electron chi connectivity index (χ0n) is 9.85. The molecule has 0 spiro atoms. The van der Waals surface area contributed by atoms with Gasteiger partial charge < -0.3 is 10.6 Å². The predicted octanol–water partition coefficient (Wildman–Crippen LogP) is 0.501. The van der Waals surface area contributed by atoms with E-state index in [0.717, 1.165) is 17.0 Å². The van der Waals surface area contributed by atoms with Gasteiger partial charge in [-0.1, -0.05) is 0 Å². The molecule has 1 aromatic rings. The largest absolute Gasteiger partial charge is 0.385 e. The van der Waals surface area contributed by atoms with E-state index in [0.29, 0.717) is 5.84 Å². The van der Waals surface area contributed by atoms with E-state index in [9.17, 15) is 4.79 Å². The van der Waals surface area contributed by atoms with Gasteiger partial charge in [0.05, 0.1) is 5.69 Å². The average Bonchev–Trinajstić information content (AvgIpc) is 2.57. The van der Waals surface area contributed by atoms with Gasteiger partial charge in [-0.15, -0.1) is 0 Å². The molecule has 0 saturated heterocycles. The second kappa shape index (κ2) is 3.33. The lowest BCUT2D eigenvalue weighted by molar-refractivity contribution is 0.218. The second-order valence-corrected chi connectivity index (χ2v) is 4.04. The van der Waals surface area contributed by atoms with Gasteiger partial charge in [-0.05, 0) is 13.8 Å². The molecule has 0 bridgehead atoms. The maximum absolute atomic E-state index is 11.4. The van der Waals surface area contributed by atoms with Crippen molar-refractivity contribution in [1.29, 1.82) is 0 Å². The van der Waals surface area contributed by atoms with E-state index in [4.69, 9.17) is 5.73 Å². The van der Waals surface area contributed by atoms with E-state index in [1.54, 1.807) is 11.7 Å². The molecule has 1 aliphatic heterocycles. The van der Waals surface area contributed by atoms with Crippen LogP contribution in [0.1, 0.15) is 23.0 Å². The van der Waals surface area contributed by atoms with E-state index < -0.39 is 0 Å². The van der Waals surface area contributed by atoms with E-state index >= 15 is 0 Å². The van der Waals surface area contributed by atoms with Crippen LogP contribution in [0.3, 0.4) is 0 Å². The van der Waals surface area contributed by atoms with Crippen LogP contribution in [0.2, 0.25) is 0 Å². The van der Waals surface area contributed by atoms with Gasteiger partial charge in [-0.3, -0.25) is 4.68 Å². The molecule has 2 amide bonds. The lowest BCUT2D eigenvalue weighted by Crippen LogP contribution is -2.30. The minimum absolute atomic E-state index is 0.277. The first-order valence-electron chi connectivity index (χ1n) is 5.04. The van der Waals surface area contributed by atoms with Gasteiger partial charge in [-0.2, -0.15) is 10.1 Å². The number of carbonyl (C=O) groups is 1. The van der Waals surface area contributed by atoms with Gasteiger partial charge in [0.15, 0.2) is 0 Å². The Labute approximate surface area is 93.7 Å². The van der Waals surface area contributed by atoms with Gasteiger partial charge in [0.2, 0.25) is 0 Å². The maximum Gasteiger partial charge on any atom is 0.345 e. The average molecular weight is 221 g/mol. The SMILES string of the molecule is Cc1nn(C)c(C)c1C1C(N)=NC(=O)N1C. The van der Waals surface area contributed by atoms with Crippen LogP contribution in [0, 0.1) is 13.8 Å². The highest BCUT2D eigenvalue weighted by atomic mass is 16.2. The summed E-state index contributed by atoms with van der Waals surface area (Å²) in [6, 6.07) is -0.577. The number of hydrogen-bond acceptors (Lipinski definition) is 3. The maximum atomic E-state index is 11.4. The van der Waals surface area contributed by atoms with Crippen LogP contribution in [0.4, 0.5) is 4.79 Å². The fraction of sp³-hybridized carbons (Fsp3) is 0.500. The highest BCUT2D eigenvalue weighted by molar-refractivity contribution is 6.03. The van der Waals surface area contributed by atoms with Crippen molar-refractivity contribution in [2.75, 3.05) is 7.05 Å². The Hall–Kier alpha value is -1.85. The summed E-state index contributed by atoms with van der Waals surface area (Å²) in [7, 11) is 3.57. The lowest BCUT2D eigenvalue weighted by Gasteiger charge is -2.19. The molecule has 0 saturated carbocycles. The zero-order valence-corrected chi connectivity index (χ0v) is 9.85. The van der Waals surface area contributed by atoms with Crippen LogP contribution in [0.25, 0.3) is 0 Å². The van der Waals surface area contributed by atoms with E-state index in [-0.39, 0.29) is 12.1 Å². The number of nitrogens with two attached hydrogens (primary N) is 1.